The molecule has 20 heavy (non-hydrogen) atoms. The van der Waals surface area contributed by atoms with Crippen molar-refractivity contribution in [1.29, 1.82) is 0 Å². The van der Waals surface area contributed by atoms with Gasteiger partial charge in [0.15, 0.2) is 11.6 Å². The molecule has 0 N–H and O–H groups in total. The van der Waals surface area contributed by atoms with Crippen molar-refractivity contribution < 1.29 is 4.79 Å². The third kappa shape index (κ3) is 2.44. The van der Waals surface area contributed by atoms with Crippen LogP contribution in [0.25, 0.3) is 5.69 Å². The predicted octanol–water partition coefficient (Wildman–Crippen LogP) is 0.216. The Balaban J connectivity index is 1.78. The zero-order valence-electron chi connectivity index (χ0n) is 10.7. The Morgan fingerprint density at radius 2 is 2.00 bits per heavy atom. The third-order valence-corrected chi connectivity index (χ3v) is 2.63. The average Bonchev–Trinajstić information content (AvgIpc) is 3.09. The van der Waals surface area contributed by atoms with Crippen molar-refractivity contribution in [3.63, 3.8) is 0 Å². The number of tetrazole rings is 1. The molecule has 0 amide bonds. The number of benzene rings is 1. The molecule has 3 rings (SSSR count). The SMILES string of the molecule is Cn1nnc(CC(=O)c2cnn(-c3ccccc3)n2)n1. The average molecular weight is 269 g/mol. The number of hydrogen-bond acceptors (Lipinski definition) is 6. The molecule has 0 saturated carbocycles. The van der Waals surface area contributed by atoms with Gasteiger partial charge in [-0.25, -0.2) is 0 Å². The van der Waals surface area contributed by atoms with Crippen molar-refractivity contribution in [2.75, 3.05) is 0 Å². The fourth-order valence-corrected chi connectivity index (χ4v) is 1.70. The van der Waals surface area contributed by atoms with Crippen LogP contribution in [0.2, 0.25) is 0 Å². The number of hydrogen-bond donors (Lipinski definition) is 0. The van der Waals surface area contributed by atoms with Crippen LogP contribution in [-0.4, -0.2) is 41.0 Å². The van der Waals surface area contributed by atoms with Crippen molar-refractivity contribution in [1.82, 2.24) is 35.2 Å². The number of para-hydroxylation sites is 1. The fourth-order valence-electron chi connectivity index (χ4n) is 1.70. The van der Waals surface area contributed by atoms with Gasteiger partial charge < -0.3 is 0 Å². The predicted molar refractivity (Wildman–Crippen MR) is 68.2 cm³/mol. The van der Waals surface area contributed by atoms with Gasteiger partial charge in [-0.15, -0.1) is 15.3 Å². The van der Waals surface area contributed by atoms with E-state index in [1.165, 1.54) is 15.8 Å². The minimum Gasteiger partial charge on any atom is -0.292 e. The molecular formula is C12H11N7O. The molecule has 0 unspecified atom stereocenters. The van der Waals surface area contributed by atoms with E-state index in [0.717, 1.165) is 5.69 Å². The van der Waals surface area contributed by atoms with Crippen molar-refractivity contribution in [3.8, 4) is 5.69 Å². The van der Waals surface area contributed by atoms with Crippen molar-refractivity contribution in [2.45, 2.75) is 6.42 Å². The summed E-state index contributed by atoms with van der Waals surface area (Å²) in [5.41, 5.74) is 1.07. The Morgan fingerprint density at radius 1 is 1.20 bits per heavy atom. The second-order valence-corrected chi connectivity index (χ2v) is 4.15. The van der Waals surface area contributed by atoms with Gasteiger partial charge in [0, 0.05) is 0 Å². The molecule has 1 aromatic carbocycles. The summed E-state index contributed by atoms with van der Waals surface area (Å²) in [5, 5.41) is 19.6. The Labute approximate surface area is 114 Å². The first-order chi connectivity index (χ1) is 9.72. The van der Waals surface area contributed by atoms with Gasteiger partial charge in [0.25, 0.3) is 0 Å². The van der Waals surface area contributed by atoms with E-state index < -0.39 is 0 Å². The summed E-state index contributed by atoms with van der Waals surface area (Å²) in [6.07, 6.45) is 1.49. The highest BCUT2D eigenvalue weighted by atomic mass is 16.1. The Kier molecular flexibility index (Phi) is 3.04. The van der Waals surface area contributed by atoms with Crippen LogP contribution < -0.4 is 0 Å². The van der Waals surface area contributed by atoms with Crippen LogP contribution in [0, 0.1) is 0 Å². The maximum absolute atomic E-state index is 12.0. The maximum Gasteiger partial charge on any atom is 0.192 e. The van der Waals surface area contributed by atoms with E-state index in [9.17, 15) is 4.79 Å². The summed E-state index contributed by atoms with van der Waals surface area (Å²) in [4.78, 5) is 14.8. The van der Waals surface area contributed by atoms with Crippen LogP contribution in [0.4, 0.5) is 0 Å². The molecule has 2 heterocycles. The summed E-state index contributed by atoms with van der Waals surface area (Å²) in [6.45, 7) is 0. The molecule has 0 aliphatic heterocycles. The molecule has 0 bridgehead atoms. The molecule has 3 aromatic rings. The van der Waals surface area contributed by atoms with Gasteiger partial charge in [-0.2, -0.15) is 14.7 Å². The van der Waals surface area contributed by atoms with Crippen LogP contribution >= 0.6 is 0 Å². The lowest BCUT2D eigenvalue weighted by molar-refractivity contribution is 0.0985. The monoisotopic (exact) mass is 269 g/mol. The lowest BCUT2D eigenvalue weighted by Gasteiger charge is -1.97. The van der Waals surface area contributed by atoms with Crippen molar-refractivity contribution >= 4 is 5.78 Å². The number of aryl methyl sites for hydroxylation is 1. The molecule has 0 aliphatic rings. The largest absolute Gasteiger partial charge is 0.292 e. The first-order valence-electron chi connectivity index (χ1n) is 5.96. The molecule has 0 spiro atoms. The standard InChI is InChI=1S/C12H11N7O/c1-18-16-12(14-17-18)7-11(20)10-8-13-19(15-10)9-5-3-2-4-6-9/h2-6,8H,7H2,1H3. The smallest absolute Gasteiger partial charge is 0.192 e. The summed E-state index contributed by atoms with van der Waals surface area (Å²) in [6, 6.07) is 9.38. The van der Waals surface area contributed by atoms with Gasteiger partial charge in [0.2, 0.25) is 0 Å². The second kappa shape index (κ2) is 5.00. The second-order valence-electron chi connectivity index (χ2n) is 4.15. The number of Topliss-reactive ketones (excluding diaryl/α,β-unsaturated/α-hetero) is 1. The number of ketones is 1. The summed E-state index contributed by atoms with van der Waals surface area (Å²) >= 11 is 0. The van der Waals surface area contributed by atoms with E-state index in [1.54, 1.807) is 7.05 Å². The summed E-state index contributed by atoms with van der Waals surface area (Å²) in [7, 11) is 1.65. The van der Waals surface area contributed by atoms with Gasteiger partial charge in [-0.05, 0) is 17.3 Å². The van der Waals surface area contributed by atoms with E-state index in [0.29, 0.717) is 5.82 Å². The zero-order valence-corrected chi connectivity index (χ0v) is 10.7. The molecule has 2 aromatic heterocycles. The first-order valence-corrected chi connectivity index (χ1v) is 5.96. The third-order valence-electron chi connectivity index (χ3n) is 2.63. The van der Waals surface area contributed by atoms with Gasteiger partial charge in [0.05, 0.1) is 25.4 Å². The Bertz CT molecular complexity index is 731. The normalized spacial score (nSPS) is 10.7. The minimum atomic E-state index is -0.194. The fraction of sp³-hybridized carbons (Fsp3) is 0.167. The highest BCUT2D eigenvalue weighted by Gasteiger charge is 2.15. The minimum absolute atomic E-state index is 0.0569. The van der Waals surface area contributed by atoms with Crippen LogP contribution in [0.1, 0.15) is 16.3 Å². The highest BCUT2D eigenvalue weighted by Crippen LogP contribution is 2.05. The Hall–Kier alpha value is -2.90. The lowest BCUT2D eigenvalue weighted by Crippen LogP contribution is -2.07. The van der Waals surface area contributed by atoms with Crippen molar-refractivity contribution in [2.24, 2.45) is 7.05 Å². The quantitative estimate of drug-likeness (QED) is 0.629. The van der Waals surface area contributed by atoms with E-state index in [-0.39, 0.29) is 17.9 Å². The number of nitrogens with zero attached hydrogens (tertiary/aromatic N) is 7. The summed E-state index contributed by atoms with van der Waals surface area (Å²) < 4.78 is 0. The number of rotatable bonds is 4. The Morgan fingerprint density at radius 3 is 2.70 bits per heavy atom. The number of aromatic nitrogens is 7. The lowest BCUT2D eigenvalue weighted by atomic mass is 10.2. The summed E-state index contributed by atoms with van der Waals surface area (Å²) in [5.74, 6) is 0.173. The topological polar surface area (TPSA) is 91.4 Å². The molecule has 0 fully saturated rings. The maximum atomic E-state index is 12.0. The van der Waals surface area contributed by atoms with Crippen LogP contribution in [-0.2, 0) is 13.5 Å². The molecule has 0 saturated heterocycles. The molecular weight excluding hydrogens is 258 g/mol. The molecule has 8 heteroatoms. The first kappa shape index (κ1) is 12.2. The van der Waals surface area contributed by atoms with E-state index >= 15 is 0 Å². The van der Waals surface area contributed by atoms with Gasteiger partial charge in [-0.1, -0.05) is 18.2 Å². The van der Waals surface area contributed by atoms with Gasteiger partial charge in [-0.3, -0.25) is 4.79 Å². The number of carbonyl (C=O) groups excluding carboxylic acids is 1. The van der Waals surface area contributed by atoms with Gasteiger partial charge >= 0.3 is 0 Å². The zero-order chi connectivity index (χ0) is 13.9. The molecule has 0 radical (unpaired) electrons. The van der Waals surface area contributed by atoms with E-state index in [1.807, 2.05) is 30.3 Å². The molecule has 0 aliphatic carbocycles. The van der Waals surface area contributed by atoms with Crippen LogP contribution in [0.5, 0.6) is 0 Å². The van der Waals surface area contributed by atoms with Crippen molar-refractivity contribution in [3.05, 3.63) is 48.0 Å². The molecule has 100 valence electrons. The highest BCUT2D eigenvalue weighted by molar-refractivity contribution is 5.94. The number of carbonyl (C=O) groups is 1. The van der Waals surface area contributed by atoms with Gasteiger partial charge in [0.1, 0.15) is 5.69 Å². The molecule has 0 atom stereocenters. The van der Waals surface area contributed by atoms with Crippen LogP contribution in [0.15, 0.2) is 36.5 Å². The van der Waals surface area contributed by atoms with E-state index in [4.69, 9.17) is 0 Å². The van der Waals surface area contributed by atoms with E-state index in [2.05, 4.69) is 25.6 Å². The van der Waals surface area contributed by atoms with Crippen LogP contribution in [0.3, 0.4) is 0 Å². The molecule has 8 nitrogen and oxygen atoms in total.